The summed E-state index contributed by atoms with van der Waals surface area (Å²) in [5, 5.41) is 1.56. The molecule has 0 atom stereocenters. The van der Waals surface area contributed by atoms with E-state index in [1.54, 1.807) is 10.8 Å². The van der Waals surface area contributed by atoms with E-state index in [2.05, 4.69) is 69.2 Å². The van der Waals surface area contributed by atoms with E-state index >= 15 is 0 Å². The van der Waals surface area contributed by atoms with Crippen molar-refractivity contribution in [3.05, 3.63) is 48.2 Å². The van der Waals surface area contributed by atoms with E-state index in [4.69, 9.17) is 4.98 Å². The molecule has 1 nitrogen and oxygen atoms in total. The standard InChI is InChI=1S/C21H29NSi/c1-21(13-9-6-10-14-21)18-15-19(17-11-7-5-8-12-17)22-16-20(18)23(2,3)4/h5,7-8,11-12,15-16H,6,9-10,13-14H2,1-4H3. The van der Waals surface area contributed by atoms with Crippen molar-refractivity contribution in [2.24, 2.45) is 0 Å². The molecule has 0 bridgehead atoms. The third kappa shape index (κ3) is 3.42. The Labute approximate surface area is 142 Å². The second-order valence-corrected chi connectivity index (χ2v) is 13.4. The van der Waals surface area contributed by atoms with Crippen molar-refractivity contribution in [3.8, 4) is 11.3 Å². The van der Waals surface area contributed by atoms with Gasteiger partial charge in [-0.2, -0.15) is 0 Å². The second-order valence-electron chi connectivity index (χ2n) is 8.35. The maximum Gasteiger partial charge on any atom is 0.0800 e. The highest BCUT2D eigenvalue weighted by molar-refractivity contribution is 6.89. The molecule has 1 aliphatic rings. The van der Waals surface area contributed by atoms with Crippen molar-refractivity contribution in [2.45, 2.75) is 64.1 Å². The summed E-state index contributed by atoms with van der Waals surface area (Å²) in [5.41, 5.74) is 4.29. The summed E-state index contributed by atoms with van der Waals surface area (Å²) in [6.07, 6.45) is 8.97. The van der Waals surface area contributed by atoms with Gasteiger partial charge in [0.1, 0.15) is 0 Å². The molecule has 2 aromatic rings. The average molecular weight is 324 g/mol. The highest BCUT2D eigenvalue weighted by Gasteiger charge is 2.34. The molecule has 0 aliphatic heterocycles. The Kier molecular flexibility index (Phi) is 4.46. The molecule has 23 heavy (non-hydrogen) atoms. The van der Waals surface area contributed by atoms with Crippen LogP contribution in [0.25, 0.3) is 11.3 Å². The van der Waals surface area contributed by atoms with Gasteiger partial charge in [0.25, 0.3) is 0 Å². The van der Waals surface area contributed by atoms with E-state index in [0.717, 1.165) is 5.69 Å². The van der Waals surface area contributed by atoms with Gasteiger partial charge in [-0.25, -0.2) is 0 Å². The molecule has 1 heterocycles. The molecule has 0 N–H and O–H groups in total. The van der Waals surface area contributed by atoms with Crippen molar-refractivity contribution in [1.82, 2.24) is 4.98 Å². The number of hydrogen-bond acceptors (Lipinski definition) is 1. The highest BCUT2D eigenvalue weighted by atomic mass is 28.3. The predicted octanol–water partition coefficient (Wildman–Crippen LogP) is 5.52. The van der Waals surface area contributed by atoms with Gasteiger partial charge in [-0.1, -0.05) is 76.2 Å². The van der Waals surface area contributed by atoms with Crippen LogP contribution in [-0.2, 0) is 5.41 Å². The van der Waals surface area contributed by atoms with E-state index in [0.29, 0.717) is 5.41 Å². The van der Waals surface area contributed by atoms with E-state index in [1.165, 1.54) is 37.7 Å². The molecule has 2 heteroatoms. The normalized spacial score (nSPS) is 17.9. The molecule has 0 amide bonds. The summed E-state index contributed by atoms with van der Waals surface area (Å²) in [5.74, 6) is 0. The molecule has 1 aromatic carbocycles. The Morgan fingerprint density at radius 2 is 1.61 bits per heavy atom. The van der Waals surface area contributed by atoms with Crippen LogP contribution in [0.3, 0.4) is 0 Å². The molecule has 1 aliphatic carbocycles. The summed E-state index contributed by atoms with van der Waals surface area (Å²) in [6.45, 7) is 9.82. The lowest BCUT2D eigenvalue weighted by atomic mass is 9.71. The van der Waals surface area contributed by atoms with Crippen molar-refractivity contribution in [3.63, 3.8) is 0 Å². The SMILES string of the molecule is CC1(c2cc(-c3ccccc3)ncc2[Si](C)(C)C)CCCCC1. The summed E-state index contributed by atoms with van der Waals surface area (Å²) >= 11 is 0. The van der Waals surface area contributed by atoms with Crippen LogP contribution in [0.2, 0.25) is 19.6 Å². The number of pyridine rings is 1. The van der Waals surface area contributed by atoms with Gasteiger partial charge in [0, 0.05) is 11.8 Å². The molecule has 122 valence electrons. The molecule has 3 rings (SSSR count). The van der Waals surface area contributed by atoms with Gasteiger partial charge in [-0.15, -0.1) is 0 Å². The minimum absolute atomic E-state index is 0.334. The molecule has 0 spiro atoms. The van der Waals surface area contributed by atoms with Crippen molar-refractivity contribution < 1.29 is 0 Å². The lowest BCUT2D eigenvalue weighted by molar-refractivity contribution is 0.321. The van der Waals surface area contributed by atoms with E-state index in [1.807, 2.05) is 0 Å². The second kappa shape index (κ2) is 6.24. The zero-order valence-electron chi connectivity index (χ0n) is 15.0. The number of nitrogens with zero attached hydrogens (tertiary/aromatic N) is 1. The first-order valence-corrected chi connectivity index (χ1v) is 12.5. The first-order chi connectivity index (χ1) is 10.9. The van der Waals surface area contributed by atoms with Gasteiger partial charge in [0.2, 0.25) is 0 Å². The topological polar surface area (TPSA) is 12.9 Å². The summed E-state index contributed by atoms with van der Waals surface area (Å²) < 4.78 is 0. The first-order valence-electron chi connectivity index (χ1n) is 8.97. The number of rotatable bonds is 3. The quantitative estimate of drug-likeness (QED) is 0.678. The van der Waals surface area contributed by atoms with Gasteiger partial charge in [0.05, 0.1) is 13.8 Å². The first kappa shape index (κ1) is 16.4. The fourth-order valence-electron chi connectivity index (χ4n) is 3.92. The van der Waals surface area contributed by atoms with Gasteiger partial charge in [0.15, 0.2) is 0 Å². The summed E-state index contributed by atoms with van der Waals surface area (Å²) in [4.78, 5) is 4.84. The maximum absolute atomic E-state index is 4.84. The Hall–Kier alpha value is -1.41. The Morgan fingerprint density at radius 3 is 2.22 bits per heavy atom. The average Bonchev–Trinajstić information content (AvgIpc) is 2.55. The minimum atomic E-state index is -1.40. The third-order valence-electron chi connectivity index (χ3n) is 5.39. The smallest absolute Gasteiger partial charge is 0.0800 e. The van der Waals surface area contributed by atoms with Gasteiger partial charge < -0.3 is 0 Å². The highest BCUT2D eigenvalue weighted by Crippen LogP contribution is 2.39. The van der Waals surface area contributed by atoms with Crippen LogP contribution in [0, 0.1) is 0 Å². The molecule has 0 unspecified atom stereocenters. The van der Waals surface area contributed by atoms with Crippen LogP contribution in [0.5, 0.6) is 0 Å². The molecular weight excluding hydrogens is 294 g/mol. The van der Waals surface area contributed by atoms with Crippen LogP contribution in [0.1, 0.15) is 44.6 Å². The lowest BCUT2D eigenvalue weighted by Gasteiger charge is -2.38. The largest absolute Gasteiger partial charge is 0.256 e. The molecule has 0 radical (unpaired) electrons. The monoisotopic (exact) mass is 323 g/mol. The predicted molar refractivity (Wildman–Crippen MR) is 103 cm³/mol. The lowest BCUT2D eigenvalue weighted by Crippen LogP contribution is -2.45. The number of hydrogen-bond donors (Lipinski definition) is 0. The van der Waals surface area contributed by atoms with Crippen molar-refractivity contribution >= 4 is 13.3 Å². The van der Waals surface area contributed by atoms with Crippen LogP contribution in [0.4, 0.5) is 0 Å². The Morgan fingerprint density at radius 1 is 0.957 bits per heavy atom. The molecular formula is C21H29NSi. The minimum Gasteiger partial charge on any atom is -0.256 e. The Balaban J connectivity index is 2.13. The Bertz CT molecular complexity index is 664. The van der Waals surface area contributed by atoms with E-state index < -0.39 is 8.07 Å². The van der Waals surface area contributed by atoms with E-state index in [9.17, 15) is 0 Å². The fourth-order valence-corrected chi connectivity index (χ4v) is 5.55. The number of aromatic nitrogens is 1. The third-order valence-corrected chi connectivity index (χ3v) is 7.40. The van der Waals surface area contributed by atoms with Crippen molar-refractivity contribution in [1.29, 1.82) is 0 Å². The van der Waals surface area contributed by atoms with Crippen molar-refractivity contribution in [2.75, 3.05) is 0 Å². The van der Waals surface area contributed by atoms with Crippen LogP contribution >= 0.6 is 0 Å². The summed E-state index contributed by atoms with van der Waals surface area (Å²) in [7, 11) is -1.40. The zero-order chi connectivity index (χ0) is 16.5. The maximum atomic E-state index is 4.84. The molecule has 1 aromatic heterocycles. The van der Waals surface area contributed by atoms with Gasteiger partial charge in [-0.3, -0.25) is 4.98 Å². The zero-order valence-corrected chi connectivity index (χ0v) is 16.0. The molecule has 1 saturated carbocycles. The van der Waals surface area contributed by atoms with Crippen LogP contribution in [0.15, 0.2) is 42.6 Å². The van der Waals surface area contributed by atoms with Gasteiger partial charge >= 0.3 is 0 Å². The number of benzene rings is 1. The van der Waals surface area contributed by atoms with Gasteiger partial charge in [-0.05, 0) is 35.1 Å². The molecule has 1 fully saturated rings. The van der Waals surface area contributed by atoms with E-state index in [-0.39, 0.29) is 0 Å². The van der Waals surface area contributed by atoms with Crippen LogP contribution in [-0.4, -0.2) is 13.1 Å². The van der Waals surface area contributed by atoms with Crippen LogP contribution < -0.4 is 5.19 Å². The molecule has 0 saturated heterocycles. The fraction of sp³-hybridized carbons (Fsp3) is 0.476. The summed E-state index contributed by atoms with van der Waals surface area (Å²) in [6, 6.07) is 13.0.